The summed E-state index contributed by atoms with van der Waals surface area (Å²) in [6.45, 7) is 7.02. The van der Waals surface area contributed by atoms with Crippen molar-refractivity contribution in [3.8, 4) is 0 Å². The highest BCUT2D eigenvalue weighted by Gasteiger charge is 2.31. The molecule has 0 atom stereocenters. The van der Waals surface area contributed by atoms with Crippen molar-refractivity contribution < 1.29 is 19.1 Å². The Kier molecular flexibility index (Phi) is 6.22. The quantitative estimate of drug-likeness (QED) is 0.593. The highest BCUT2D eigenvalue weighted by molar-refractivity contribution is 5.95. The predicted molar refractivity (Wildman–Crippen MR) is 76.1 cm³/mol. The number of rotatable bonds is 6. The van der Waals surface area contributed by atoms with Gasteiger partial charge in [0.1, 0.15) is 0 Å². The molecule has 4 nitrogen and oxygen atoms in total. The van der Waals surface area contributed by atoms with E-state index < -0.39 is 17.9 Å². The third-order valence-corrected chi connectivity index (χ3v) is 2.56. The van der Waals surface area contributed by atoms with Gasteiger partial charge in [0.25, 0.3) is 0 Å². The first-order valence-electron chi connectivity index (χ1n) is 6.85. The van der Waals surface area contributed by atoms with E-state index >= 15 is 0 Å². The number of hydrogen-bond acceptors (Lipinski definition) is 4. The first-order valence-corrected chi connectivity index (χ1v) is 6.85. The van der Waals surface area contributed by atoms with E-state index in [0.717, 1.165) is 5.56 Å². The van der Waals surface area contributed by atoms with Crippen LogP contribution in [0.3, 0.4) is 0 Å². The summed E-state index contributed by atoms with van der Waals surface area (Å²) in [6.07, 6.45) is -0.224. The van der Waals surface area contributed by atoms with Crippen molar-refractivity contribution in [1.29, 1.82) is 0 Å². The number of hydrogen-bond donors (Lipinski definition) is 0. The van der Waals surface area contributed by atoms with Crippen LogP contribution < -0.4 is 0 Å². The lowest BCUT2D eigenvalue weighted by Crippen LogP contribution is -2.32. The average molecular weight is 278 g/mol. The fourth-order valence-electron chi connectivity index (χ4n) is 1.74. The molecule has 0 N–H and O–H groups in total. The van der Waals surface area contributed by atoms with E-state index in [1.807, 2.05) is 30.3 Å². The minimum atomic E-state index is -0.915. The molecule has 0 aliphatic heterocycles. The SMILES string of the molecule is CC(C)OC(=O)C(Cc1ccccc1)C(=O)OC(C)C. The van der Waals surface area contributed by atoms with Crippen LogP contribution in [0.4, 0.5) is 0 Å². The van der Waals surface area contributed by atoms with E-state index in [9.17, 15) is 9.59 Å². The molecule has 0 radical (unpaired) electrons. The van der Waals surface area contributed by atoms with Crippen LogP contribution in [0.2, 0.25) is 0 Å². The summed E-state index contributed by atoms with van der Waals surface area (Å²) in [5, 5.41) is 0. The van der Waals surface area contributed by atoms with Crippen molar-refractivity contribution in [2.45, 2.75) is 46.3 Å². The summed E-state index contributed by atoms with van der Waals surface area (Å²) in [5.41, 5.74) is 0.902. The highest BCUT2D eigenvalue weighted by atomic mass is 16.6. The van der Waals surface area contributed by atoms with Crippen molar-refractivity contribution in [2.24, 2.45) is 5.92 Å². The van der Waals surface area contributed by atoms with Gasteiger partial charge < -0.3 is 9.47 Å². The van der Waals surface area contributed by atoms with Crippen molar-refractivity contribution in [1.82, 2.24) is 0 Å². The second-order valence-corrected chi connectivity index (χ2v) is 5.21. The first-order chi connectivity index (χ1) is 9.40. The fraction of sp³-hybridized carbons (Fsp3) is 0.500. The van der Waals surface area contributed by atoms with Gasteiger partial charge in [-0.3, -0.25) is 9.59 Å². The molecule has 0 saturated heterocycles. The van der Waals surface area contributed by atoms with E-state index in [2.05, 4.69) is 0 Å². The van der Waals surface area contributed by atoms with Gasteiger partial charge in [-0.2, -0.15) is 0 Å². The van der Waals surface area contributed by atoms with Gasteiger partial charge >= 0.3 is 11.9 Å². The van der Waals surface area contributed by atoms with Gasteiger partial charge in [-0.25, -0.2) is 0 Å². The van der Waals surface area contributed by atoms with Gasteiger partial charge in [-0.05, 0) is 39.7 Å². The molecule has 1 rings (SSSR count). The zero-order valence-corrected chi connectivity index (χ0v) is 12.5. The summed E-state index contributed by atoms with van der Waals surface area (Å²) in [7, 11) is 0. The molecule has 0 bridgehead atoms. The smallest absolute Gasteiger partial charge is 0.320 e. The second-order valence-electron chi connectivity index (χ2n) is 5.21. The highest BCUT2D eigenvalue weighted by Crippen LogP contribution is 2.14. The monoisotopic (exact) mass is 278 g/mol. The Morgan fingerprint density at radius 3 is 1.75 bits per heavy atom. The Morgan fingerprint density at radius 2 is 1.35 bits per heavy atom. The number of ether oxygens (including phenoxy) is 2. The molecule has 0 fully saturated rings. The largest absolute Gasteiger partial charge is 0.462 e. The van der Waals surface area contributed by atoms with E-state index in [4.69, 9.17) is 9.47 Å². The van der Waals surface area contributed by atoms with Gasteiger partial charge in [0.2, 0.25) is 0 Å². The molecule has 0 saturated carbocycles. The molecule has 0 aliphatic carbocycles. The summed E-state index contributed by atoms with van der Waals surface area (Å²) in [5.74, 6) is -1.98. The van der Waals surface area contributed by atoms with Crippen LogP contribution in [0.5, 0.6) is 0 Å². The van der Waals surface area contributed by atoms with E-state index in [-0.39, 0.29) is 18.6 Å². The van der Waals surface area contributed by atoms with Crippen molar-refractivity contribution in [3.05, 3.63) is 35.9 Å². The summed E-state index contributed by atoms with van der Waals surface area (Å²) >= 11 is 0. The number of benzene rings is 1. The third-order valence-electron chi connectivity index (χ3n) is 2.56. The minimum absolute atomic E-state index is 0.257. The number of carbonyl (C=O) groups excluding carboxylic acids is 2. The predicted octanol–water partition coefficient (Wildman–Crippen LogP) is 2.75. The third kappa shape index (κ3) is 5.43. The Morgan fingerprint density at radius 1 is 0.900 bits per heavy atom. The molecule has 4 heteroatoms. The van der Waals surface area contributed by atoms with Crippen LogP contribution in [-0.2, 0) is 25.5 Å². The number of esters is 2. The van der Waals surface area contributed by atoms with E-state index in [0.29, 0.717) is 0 Å². The van der Waals surface area contributed by atoms with Gasteiger partial charge in [0, 0.05) is 0 Å². The van der Waals surface area contributed by atoms with Gasteiger partial charge in [-0.15, -0.1) is 0 Å². The normalized spacial score (nSPS) is 10.9. The van der Waals surface area contributed by atoms with E-state index in [1.165, 1.54) is 0 Å². The van der Waals surface area contributed by atoms with Gasteiger partial charge in [0.05, 0.1) is 12.2 Å². The zero-order chi connectivity index (χ0) is 15.1. The fourth-order valence-corrected chi connectivity index (χ4v) is 1.74. The maximum atomic E-state index is 12.1. The maximum Gasteiger partial charge on any atom is 0.320 e. The van der Waals surface area contributed by atoms with Gasteiger partial charge in [-0.1, -0.05) is 30.3 Å². The summed E-state index contributed by atoms with van der Waals surface area (Å²) in [6, 6.07) is 9.37. The molecular formula is C16H22O4. The Bertz CT molecular complexity index is 415. The molecule has 110 valence electrons. The molecule has 0 aliphatic rings. The molecule has 0 unspecified atom stereocenters. The Labute approximate surface area is 120 Å². The lowest BCUT2D eigenvalue weighted by atomic mass is 9.99. The molecule has 1 aromatic carbocycles. The lowest BCUT2D eigenvalue weighted by molar-refractivity contribution is -0.166. The summed E-state index contributed by atoms with van der Waals surface area (Å²) < 4.78 is 10.3. The van der Waals surface area contributed by atoms with Gasteiger partial charge in [0.15, 0.2) is 5.92 Å². The Hall–Kier alpha value is -1.84. The summed E-state index contributed by atoms with van der Waals surface area (Å²) in [4.78, 5) is 24.1. The zero-order valence-electron chi connectivity index (χ0n) is 12.5. The maximum absolute atomic E-state index is 12.1. The lowest BCUT2D eigenvalue weighted by Gasteiger charge is -2.18. The molecule has 20 heavy (non-hydrogen) atoms. The van der Waals surface area contributed by atoms with Crippen LogP contribution in [0, 0.1) is 5.92 Å². The first kappa shape index (κ1) is 16.2. The molecule has 0 aromatic heterocycles. The van der Waals surface area contributed by atoms with Crippen molar-refractivity contribution in [3.63, 3.8) is 0 Å². The average Bonchev–Trinajstić information content (AvgIpc) is 2.35. The standard InChI is InChI=1S/C16H22O4/c1-11(2)19-15(17)14(16(18)20-12(3)4)10-13-8-6-5-7-9-13/h5-9,11-12,14H,10H2,1-4H3. The molecule has 0 heterocycles. The second kappa shape index (κ2) is 7.68. The molecular weight excluding hydrogens is 256 g/mol. The van der Waals surface area contributed by atoms with E-state index in [1.54, 1.807) is 27.7 Å². The van der Waals surface area contributed by atoms with Crippen LogP contribution in [0.25, 0.3) is 0 Å². The van der Waals surface area contributed by atoms with Crippen molar-refractivity contribution >= 4 is 11.9 Å². The van der Waals surface area contributed by atoms with Crippen molar-refractivity contribution in [2.75, 3.05) is 0 Å². The molecule has 1 aromatic rings. The molecule has 0 spiro atoms. The number of carbonyl (C=O) groups is 2. The molecule has 0 amide bonds. The van der Waals surface area contributed by atoms with Crippen LogP contribution in [0.15, 0.2) is 30.3 Å². The van der Waals surface area contributed by atoms with Crippen LogP contribution >= 0.6 is 0 Å². The topological polar surface area (TPSA) is 52.6 Å². The van der Waals surface area contributed by atoms with Crippen LogP contribution in [0.1, 0.15) is 33.3 Å². The minimum Gasteiger partial charge on any atom is -0.462 e. The van der Waals surface area contributed by atoms with Crippen LogP contribution in [-0.4, -0.2) is 24.1 Å². The Balaban J connectivity index is 2.83.